The molecule has 0 aliphatic rings. The smallest absolute Gasteiger partial charge is 0.352 e. The third-order valence-electron chi connectivity index (χ3n) is 3.14. The number of nitrogens with zero attached hydrogens (tertiary/aromatic N) is 2. The Morgan fingerprint density at radius 3 is 2.43 bits per heavy atom. The molecule has 0 fully saturated rings. The number of carboxylic acids is 1. The number of likely N-dealkylation sites (N-methyl/N-ethyl adjacent to an activating group) is 1. The lowest BCUT2D eigenvalue weighted by atomic mass is 10.1. The Bertz CT molecular complexity index is 769. The second-order valence-corrected chi connectivity index (χ2v) is 4.94. The van der Waals surface area contributed by atoms with Crippen molar-refractivity contribution in [2.75, 3.05) is 20.6 Å². The van der Waals surface area contributed by atoms with E-state index >= 15 is 0 Å². The van der Waals surface area contributed by atoms with Gasteiger partial charge in [0.1, 0.15) is 5.69 Å². The minimum atomic E-state index is -1.29. The number of aromatic nitrogens is 1. The summed E-state index contributed by atoms with van der Waals surface area (Å²) in [5.41, 5.74) is -0.830. The standard InChI is InChI=1S/C14H14F2N2O3/c1-17(2)3-4-18-11-6-10(16)9(15)5-8(11)13(19)7-12(18)14(20)21/h5-7H,3-4H2,1-2H3,(H,20,21). The van der Waals surface area contributed by atoms with Crippen LogP contribution in [0.15, 0.2) is 23.0 Å². The van der Waals surface area contributed by atoms with Crippen molar-refractivity contribution in [2.24, 2.45) is 0 Å². The van der Waals surface area contributed by atoms with Crippen LogP contribution in [0.4, 0.5) is 8.78 Å². The van der Waals surface area contributed by atoms with Gasteiger partial charge in [-0.05, 0) is 20.2 Å². The van der Waals surface area contributed by atoms with Gasteiger partial charge in [0.15, 0.2) is 17.1 Å². The van der Waals surface area contributed by atoms with Crippen LogP contribution >= 0.6 is 0 Å². The Morgan fingerprint density at radius 1 is 1.24 bits per heavy atom. The number of pyridine rings is 1. The molecule has 112 valence electrons. The maximum absolute atomic E-state index is 13.4. The molecule has 0 saturated carbocycles. The van der Waals surface area contributed by atoms with Crippen LogP contribution in [0.3, 0.4) is 0 Å². The fourth-order valence-electron chi connectivity index (χ4n) is 2.08. The Kier molecular flexibility index (Phi) is 4.04. The summed E-state index contributed by atoms with van der Waals surface area (Å²) >= 11 is 0. The van der Waals surface area contributed by atoms with Gasteiger partial charge in [-0.25, -0.2) is 13.6 Å². The summed E-state index contributed by atoms with van der Waals surface area (Å²) in [6, 6.07) is 2.58. The normalized spacial score (nSPS) is 11.3. The summed E-state index contributed by atoms with van der Waals surface area (Å²) in [6.07, 6.45) is 0. The SMILES string of the molecule is CN(C)CCn1c(C(=O)O)cc(=O)c2cc(F)c(F)cc21. The van der Waals surface area contributed by atoms with Crippen molar-refractivity contribution >= 4 is 16.9 Å². The van der Waals surface area contributed by atoms with Crippen LogP contribution < -0.4 is 5.43 Å². The zero-order chi connectivity index (χ0) is 15.7. The molecule has 1 heterocycles. The van der Waals surface area contributed by atoms with Gasteiger partial charge in [0, 0.05) is 30.6 Å². The van der Waals surface area contributed by atoms with E-state index in [2.05, 4.69) is 0 Å². The molecule has 2 aromatic rings. The predicted octanol–water partition coefficient (Wildman–Crippen LogP) is 1.54. The average molecular weight is 296 g/mol. The van der Waals surface area contributed by atoms with Gasteiger partial charge in [-0.1, -0.05) is 0 Å². The number of rotatable bonds is 4. The van der Waals surface area contributed by atoms with E-state index in [1.54, 1.807) is 14.1 Å². The summed E-state index contributed by atoms with van der Waals surface area (Å²) in [5.74, 6) is -3.55. The van der Waals surface area contributed by atoms with Crippen LogP contribution in [0.2, 0.25) is 0 Å². The van der Waals surface area contributed by atoms with Crippen LogP contribution in [0.25, 0.3) is 10.9 Å². The number of carbonyl (C=O) groups is 1. The number of benzene rings is 1. The predicted molar refractivity (Wildman–Crippen MR) is 73.6 cm³/mol. The van der Waals surface area contributed by atoms with Crippen molar-refractivity contribution in [1.82, 2.24) is 9.47 Å². The quantitative estimate of drug-likeness (QED) is 0.929. The minimum Gasteiger partial charge on any atom is -0.477 e. The average Bonchev–Trinajstić information content (AvgIpc) is 2.39. The summed E-state index contributed by atoms with van der Waals surface area (Å²) in [6.45, 7) is 0.716. The van der Waals surface area contributed by atoms with E-state index in [4.69, 9.17) is 0 Å². The van der Waals surface area contributed by atoms with Gasteiger partial charge < -0.3 is 14.6 Å². The van der Waals surface area contributed by atoms with Crippen molar-refractivity contribution in [2.45, 2.75) is 6.54 Å². The van der Waals surface area contributed by atoms with E-state index in [1.807, 2.05) is 4.90 Å². The van der Waals surface area contributed by atoms with Gasteiger partial charge in [0.25, 0.3) is 0 Å². The van der Waals surface area contributed by atoms with E-state index in [9.17, 15) is 23.5 Å². The molecule has 2 rings (SSSR count). The highest BCUT2D eigenvalue weighted by Crippen LogP contribution is 2.18. The van der Waals surface area contributed by atoms with Crippen LogP contribution in [0, 0.1) is 11.6 Å². The second kappa shape index (κ2) is 5.61. The summed E-state index contributed by atoms with van der Waals surface area (Å²) in [4.78, 5) is 25.0. The van der Waals surface area contributed by atoms with Gasteiger partial charge in [-0.2, -0.15) is 0 Å². The van der Waals surface area contributed by atoms with Crippen molar-refractivity contribution < 1.29 is 18.7 Å². The van der Waals surface area contributed by atoms with E-state index in [0.717, 1.165) is 18.2 Å². The van der Waals surface area contributed by atoms with E-state index in [1.165, 1.54) is 4.57 Å². The highest BCUT2D eigenvalue weighted by molar-refractivity contribution is 5.90. The van der Waals surface area contributed by atoms with Gasteiger partial charge in [0.2, 0.25) is 0 Å². The van der Waals surface area contributed by atoms with Crippen LogP contribution in [0.5, 0.6) is 0 Å². The van der Waals surface area contributed by atoms with Crippen molar-refractivity contribution in [3.8, 4) is 0 Å². The number of aromatic carboxylic acids is 1. The topological polar surface area (TPSA) is 62.5 Å². The van der Waals surface area contributed by atoms with Crippen LogP contribution in [-0.2, 0) is 6.54 Å². The Hall–Kier alpha value is -2.28. The Labute approximate surface area is 119 Å². The molecule has 0 amide bonds. The lowest BCUT2D eigenvalue weighted by molar-refractivity contribution is 0.0684. The molecule has 21 heavy (non-hydrogen) atoms. The molecule has 1 N–H and O–H groups in total. The highest BCUT2D eigenvalue weighted by atomic mass is 19.2. The lowest BCUT2D eigenvalue weighted by Crippen LogP contribution is -2.24. The van der Waals surface area contributed by atoms with Gasteiger partial charge >= 0.3 is 5.97 Å². The molecular formula is C14H14F2N2O3. The van der Waals surface area contributed by atoms with Gasteiger partial charge in [-0.15, -0.1) is 0 Å². The summed E-state index contributed by atoms with van der Waals surface area (Å²) in [7, 11) is 3.59. The fourth-order valence-corrected chi connectivity index (χ4v) is 2.08. The highest BCUT2D eigenvalue weighted by Gasteiger charge is 2.17. The van der Waals surface area contributed by atoms with Crippen LogP contribution in [0.1, 0.15) is 10.5 Å². The summed E-state index contributed by atoms with van der Waals surface area (Å²) in [5, 5.41) is 9.15. The molecule has 0 aliphatic carbocycles. The number of fused-ring (bicyclic) bond motifs is 1. The lowest BCUT2D eigenvalue weighted by Gasteiger charge is -2.17. The first-order valence-electron chi connectivity index (χ1n) is 6.22. The first kappa shape index (κ1) is 15.1. The van der Waals surface area contributed by atoms with Gasteiger partial charge in [-0.3, -0.25) is 4.79 Å². The monoisotopic (exact) mass is 296 g/mol. The molecule has 0 spiro atoms. The molecule has 5 nitrogen and oxygen atoms in total. The maximum atomic E-state index is 13.4. The number of hydrogen-bond donors (Lipinski definition) is 1. The molecule has 7 heteroatoms. The first-order valence-corrected chi connectivity index (χ1v) is 6.22. The maximum Gasteiger partial charge on any atom is 0.352 e. The van der Waals surface area contributed by atoms with Crippen molar-refractivity contribution in [3.63, 3.8) is 0 Å². The van der Waals surface area contributed by atoms with Crippen molar-refractivity contribution in [3.05, 3.63) is 45.8 Å². The Balaban J connectivity index is 2.78. The third kappa shape index (κ3) is 2.92. The first-order chi connectivity index (χ1) is 9.81. The zero-order valence-corrected chi connectivity index (χ0v) is 11.6. The Morgan fingerprint density at radius 2 is 1.86 bits per heavy atom. The fraction of sp³-hybridized carbons (Fsp3) is 0.286. The number of carboxylic acid groups (broad SMARTS) is 1. The molecule has 0 unspecified atom stereocenters. The van der Waals surface area contributed by atoms with E-state index in [-0.39, 0.29) is 23.1 Å². The summed E-state index contributed by atoms with van der Waals surface area (Å²) < 4.78 is 28.0. The van der Waals surface area contributed by atoms with E-state index in [0.29, 0.717) is 6.54 Å². The molecule has 0 saturated heterocycles. The molecule has 0 bridgehead atoms. The molecule has 1 aromatic heterocycles. The van der Waals surface area contributed by atoms with Crippen molar-refractivity contribution in [1.29, 1.82) is 0 Å². The number of halogens is 2. The number of hydrogen-bond acceptors (Lipinski definition) is 3. The van der Waals surface area contributed by atoms with E-state index < -0.39 is 23.0 Å². The molecule has 0 radical (unpaired) electrons. The molecule has 0 atom stereocenters. The van der Waals surface area contributed by atoms with Gasteiger partial charge in [0.05, 0.1) is 5.52 Å². The van der Waals surface area contributed by atoms with Crippen LogP contribution in [-0.4, -0.2) is 41.2 Å². The third-order valence-corrected chi connectivity index (χ3v) is 3.14. The molecular weight excluding hydrogens is 282 g/mol. The second-order valence-electron chi connectivity index (χ2n) is 4.94. The largest absolute Gasteiger partial charge is 0.477 e. The molecule has 1 aromatic carbocycles. The zero-order valence-electron chi connectivity index (χ0n) is 11.6. The molecule has 0 aliphatic heterocycles. The minimum absolute atomic E-state index is 0.0438.